The molecule has 0 aromatic heterocycles. The monoisotopic (exact) mass is 317 g/mol. The van der Waals surface area contributed by atoms with Crippen LogP contribution < -0.4 is 15.5 Å². The van der Waals surface area contributed by atoms with Crippen LogP contribution in [0.4, 0.5) is 0 Å². The summed E-state index contributed by atoms with van der Waals surface area (Å²) >= 11 is 17.0. The minimum absolute atomic E-state index is 0.404. The molecule has 0 radical (unpaired) electrons. The zero-order chi connectivity index (χ0) is 14.3. The molecular weight excluding hydrogens is 305 g/mol. The van der Waals surface area contributed by atoms with Gasteiger partial charge in [0.25, 0.3) is 0 Å². The fraction of sp³-hybridized carbons (Fsp3) is 0.167. The van der Waals surface area contributed by atoms with E-state index < -0.39 is 0 Å². The predicted molar refractivity (Wildman–Crippen MR) is 84.5 cm³/mol. The summed E-state index contributed by atoms with van der Waals surface area (Å²) in [5.74, 6) is 0.441. The molecule has 1 rings (SSSR count). The minimum Gasteiger partial charge on any atom is -0.494 e. The van der Waals surface area contributed by atoms with E-state index >= 15 is 0 Å². The van der Waals surface area contributed by atoms with E-state index in [1.54, 1.807) is 24.4 Å². The number of nitrogens with one attached hydrogen (secondary N) is 2. The first-order valence-electron chi connectivity index (χ1n) is 5.29. The van der Waals surface area contributed by atoms with Gasteiger partial charge in [-0.3, -0.25) is 5.43 Å². The fourth-order valence-electron chi connectivity index (χ4n) is 1.22. The van der Waals surface area contributed by atoms with E-state index in [1.165, 1.54) is 7.11 Å². The summed E-state index contributed by atoms with van der Waals surface area (Å²) in [6.07, 6.45) is 3.25. The van der Waals surface area contributed by atoms with Crippen molar-refractivity contribution in [1.29, 1.82) is 0 Å². The average Bonchev–Trinajstić information content (AvgIpc) is 2.36. The van der Waals surface area contributed by atoms with Crippen LogP contribution >= 0.6 is 35.4 Å². The van der Waals surface area contributed by atoms with Gasteiger partial charge in [-0.25, -0.2) is 0 Å². The summed E-state index contributed by atoms with van der Waals surface area (Å²) in [7, 11) is 1.51. The quantitative estimate of drug-likeness (QED) is 0.379. The Morgan fingerprint density at radius 3 is 2.63 bits per heavy atom. The summed E-state index contributed by atoms with van der Waals surface area (Å²) < 4.78 is 5.05. The zero-order valence-electron chi connectivity index (χ0n) is 10.2. The van der Waals surface area contributed by atoms with Crippen molar-refractivity contribution >= 4 is 46.7 Å². The summed E-state index contributed by atoms with van der Waals surface area (Å²) in [4.78, 5) is 0. The van der Waals surface area contributed by atoms with Gasteiger partial charge < -0.3 is 10.1 Å². The van der Waals surface area contributed by atoms with Gasteiger partial charge in [-0.2, -0.15) is 5.10 Å². The third-order valence-corrected chi connectivity index (χ3v) is 2.81. The van der Waals surface area contributed by atoms with E-state index in [4.69, 9.17) is 40.2 Å². The van der Waals surface area contributed by atoms with Gasteiger partial charge in [0.15, 0.2) is 10.9 Å². The van der Waals surface area contributed by atoms with Crippen LogP contribution in [-0.4, -0.2) is 25.0 Å². The van der Waals surface area contributed by atoms with Crippen molar-refractivity contribution in [3.05, 3.63) is 40.4 Å². The van der Waals surface area contributed by atoms with Crippen molar-refractivity contribution < 1.29 is 4.74 Å². The second kappa shape index (κ2) is 7.99. The highest BCUT2D eigenvalue weighted by atomic mass is 35.5. The Morgan fingerprint density at radius 1 is 1.47 bits per heavy atom. The molecular formula is C12H13Cl2N3OS. The largest absolute Gasteiger partial charge is 0.494 e. The normalized spacial score (nSPS) is 10.3. The first-order chi connectivity index (χ1) is 9.08. The van der Waals surface area contributed by atoms with Crippen LogP contribution in [0.1, 0.15) is 5.56 Å². The zero-order valence-corrected chi connectivity index (χ0v) is 12.6. The minimum atomic E-state index is 0.404. The van der Waals surface area contributed by atoms with Gasteiger partial charge >= 0.3 is 0 Å². The van der Waals surface area contributed by atoms with Crippen LogP contribution in [-0.2, 0) is 0 Å². The molecule has 19 heavy (non-hydrogen) atoms. The number of ether oxygens (including phenoxy) is 1. The van der Waals surface area contributed by atoms with Crippen LogP contribution in [0.25, 0.3) is 0 Å². The van der Waals surface area contributed by atoms with E-state index in [0.29, 0.717) is 27.5 Å². The third-order valence-electron chi connectivity index (χ3n) is 2.01. The second-order valence-electron chi connectivity index (χ2n) is 3.39. The summed E-state index contributed by atoms with van der Waals surface area (Å²) in [6.45, 7) is 4.14. The Morgan fingerprint density at radius 2 is 2.11 bits per heavy atom. The molecule has 4 nitrogen and oxygen atoms in total. The molecule has 0 unspecified atom stereocenters. The molecule has 0 fully saturated rings. The van der Waals surface area contributed by atoms with E-state index in [2.05, 4.69) is 22.4 Å². The number of hydrazone groups is 1. The highest BCUT2D eigenvalue weighted by molar-refractivity contribution is 7.80. The van der Waals surface area contributed by atoms with Gasteiger partial charge in [0.2, 0.25) is 0 Å². The lowest BCUT2D eigenvalue weighted by atomic mass is 10.2. The Hall–Kier alpha value is -1.30. The van der Waals surface area contributed by atoms with Crippen LogP contribution in [0, 0.1) is 0 Å². The lowest BCUT2D eigenvalue weighted by Gasteiger charge is -2.06. The van der Waals surface area contributed by atoms with Crippen molar-refractivity contribution in [3.63, 3.8) is 0 Å². The number of nitrogens with zero attached hydrogens (tertiary/aromatic N) is 1. The molecule has 0 atom stereocenters. The Balaban J connectivity index is 2.67. The van der Waals surface area contributed by atoms with E-state index in [1.807, 2.05) is 0 Å². The topological polar surface area (TPSA) is 45.7 Å². The van der Waals surface area contributed by atoms with Crippen LogP contribution in [0.2, 0.25) is 10.0 Å². The van der Waals surface area contributed by atoms with Crippen molar-refractivity contribution in [1.82, 2.24) is 10.7 Å². The highest BCUT2D eigenvalue weighted by Crippen LogP contribution is 2.33. The first kappa shape index (κ1) is 15.8. The molecule has 7 heteroatoms. The molecule has 0 saturated heterocycles. The molecule has 0 aliphatic rings. The standard InChI is InChI=1S/C12H13Cl2N3OS/c1-3-4-15-12(19)17-16-7-8-5-9(13)11(18-2)10(14)6-8/h3,5-7H,1,4H2,2H3,(H2,15,17,19)/b16-7+. The molecule has 102 valence electrons. The average molecular weight is 318 g/mol. The lowest BCUT2D eigenvalue weighted by molar-refractivity contribution is 0.415. The molecule has 0 aliphatic carbocycles. The van der Waals surface area contributed by atoms with Crippen LogP contribution in [0.5, 0.6) is 5.75 Å². The maximum atomic E-state index is 6.00. The smallest absolute Gasteiger partial charge is 0.187 e. The van der Waals surface area contributed by atoms with E-state index in [-0.39, 0.29) is 0 Å². The molecule has 1 aromatic carbocycles. The highest BCUT2D eigenvalue weighted by Gasteiger charge is 2.07. The Labute approximate surface area is 127 Å². The van der Waals surface area contributed by atoms with Gasteiger partial charge in [-0.15, -0.1) is 6.58 Å². The van der Waals surface area contributed by atoms with Crippen LogP contribution in [0.3, 0.4) is 0 Å². The second-order valence-corrected chi connectivity index (χ2v) is 4.61. The SMILES string of the molecule is C=CCNC(=S)N/N=C/c1cc(Cl)c(OC)c(Cl)c1. The van der Waals surface area contributed by atoms with Crippen molar-refractivity contribution in [2.75, 3.05) is 13.7 Å². The predicted octanol–water partition coefficient (Wildman–Crippen LogP) is 2.99. The van der Waals surface area contributed by atoms with Crippen LogP contribution in [0.15, 0.2) is 29.9 Å². The molecule has 0 bridgehead atoms. The fourth-order valence-corrected chi connectivity index (χ4v) is 2.01. The number of hydrogen-bond acceptors (Lipinski definition) is 3. The van der Waals surface area contributed by atoms with E-state index in [0.717, 1.165) is 5.56 Å². The Kier molecular flexibility index (Phi) is 6.62. The molecule has 0 aliphatic heterocycles. The molecule has 0 spiro atoms. The summed E-state index contributed by atoms with van der Waals surface area (Å²) in [5.41, 5.74) is 3.39. The molecule has 2 N–H and O–H groups in total. The maximum absolute atomic E-state index is 6.00. The number of thiocarbonyl (C=S) groups is 1. The summed E-state index contributed by atoms with van der Waals surface area (Å²) in [5, 5.41) is 8.08. The van der Waals surface area contributed by atoms with E-state index in [9.17, 15) is 0 Å². The number of halogens is 2. The third kappa shape index (κ3) is 5.06. The molecule has 1 aromatic rings. The van der Waals surface area contributed by atoms with Gasteiger partial charge in [0.1, 0.15) is 0 Å². The molecule has 0 heterocycles. The van der Waals surface area contributed by atoms with Crippen molar-refractivity contribution in [2.45, 2.75) is 0 Å². The van der Waals surface area contributed by atoms with Gasteiger partial charge in [-0.05, 0) is 29.9 Å². The molecule has 0 saturated carbocycles. The van der Waals surface area contributed by atoms with Gasteiger partial charge in [0, 0.05) is 6.54 Å². The van der Waals surface area contributed by atoms with Gasteiger partial charge in [0.05, 0.1) is 23.4 Å². The molecule has 0 amide bonds. The van der Waals surface area contributed by atoms with Crippen molar-refractivity contribution in [2.24, 2.45) is 5.10 Å². The lowest BCUT2D eigenvalue weighted by Crippen LogP contribution is -2.31. The van der Waals surface area contributed by atoms with Crippen molar-refractivity contribution in [3.8, 4) is 5.75 Å². The number of hydrogen-bond donors (Lipinski definition) is 2. The number of benzene rings is 1. The summed E-state index contributed by atoms with van der Waals surface area (Å²) in [6, 6.07) is 3.38. The van der Waals surface area contributed by atoms with Gasteiger partial charge in [-0.1, -0.05) is 29.3 Å². The number of methoxy groups -OCH3 is 1. The maximum Gasteiger partial charge on any atom is 0.187 e. The first-order valence-corrected chi connectivity index (χ1v) is 6.45. The Bertz CT molecular complexity index is 483. The number of rotatable bonds is 5.